The molecule has 1 aromatic heterocycles. The Morgan fingerprint density at radius 2 is 1.84 bits per heavy atom. The van der Waals surface area contributed by atoms with Crippen molar-refractivity contribution < 1.29 is 8.42 Å². The monoisotopic (exact) mass is 359 g/mol. The van der Waals surface area contributed by atoms with Gasteiger partial charge in [-0.15, -0.1) is 11.3 Å². The van der Waals surface area contributed by atoms with Crippen molar-refractivity contribution in [2.75, 3.05) is 4.72 Å². The van der Waals surface area contributed by atoms with E-state index < -0.39 is 10.0 Å². The number of para-hydroxylation sites is 1. The maximum Gasteiger partial charge on any atom is 0.271 e. The largest absolute Gasteiger partial charge is 0.279 e. The molecule has 102 valence electrons. The number of hydrogen-bond acceptors (Lipinski definition) is 3. The van der Waals surface area contributed by atoms with Crippen LogP contribution in [0, 0.1) is 0 Å². The third-order valence-corrected chi connectivity index (χ3v) is 6.12. The number of hydrogen-bond donors (Lipinski definition) is 1. The molecule has 19 heavy (non-hydrogen) atoms. The SMILES string of the molecule is CC(C)c1ccccc1NS(=O)(=O)c1ccc(Br)s1. The van der Waals surface area contributed by atoms with Crippen LogP contribution in [0.4, 0.5) is 5.69 Å². The molecule has 0 fully saturated rings. The predicted octanol–water partition coefficient (Wildman–Crippen LogP) is 4.43. The number of nitrogens with one attached hydrogen (secondary N) is 1. The summed E-state index contributed by atoms with van der Waals surface area (Å²) in [5.41, 5.74) is 1.63. The summed E-state index contributed by atoms with van der Waals surface area (Å²) in [6.07, 6.45) is 0. The number of sulfonamides is 1. The lowest BCUT2D eigenvalue weighted by molar-refractivity contribution is 0.603. The molecule has 6 heteroatoms. The van der Waals surface area contributed by atoms with Crippen molar-refractivity contribution in [1.82, 2.24) is 0 Å². The Morgan fingerprint density at radius 3 is 2.42 bits per heavy atom. The van der Waals surface area contributed by atoms with Crippen LogP contribution in [0.25, 0.3) is 0 Å². The zero-order chi connectivity index (χ0) is 14.0. The second-order valence-corrected chi connectivity index (χ2v) is 8.78. The van der Waals surface area contributed by atoms with Gasteiger partial charge in [0.25, 0.3) is 10.0 Å². The topological polar surface area (TPSA) is 46.2 Å². The molecule has 0 aliphatic heterocycles. The van der Waals surface area contributed by atoms with E-state index in [-0.39, 0.29) is 5.92 Å². The van der Waals surface area contributed by atoms with Gasteiger partial charge in [-0.05, 0) is 45.6 Å². The quantitative estimate of drug-likeness (QED) is 0.877. The molecule has 0 bridgehead atoms. The molecule has 0 saturated heterocycles. The Balaban J connectivity index is 2.36. The zero-order valence-electron chi connectivity index (χ0n) is 10.6. The summed E-state index contributed by atoms with van der Waals surface area (Å²) in [4.78, 5) is 0. The third-order valence-electron chi connectivity index (χ3n) is 2.64. The fraction of sp³-hybridized carbons (Fsp3) is 0.231. The summed E-state index contributed by atoms with van der Waals surface area (Å²) in [5.74, 6) is 0.258. The normalized spacial score (nSPS) is 11.8. The molecule has 0 saturated carbocycles. The van der Waals surface area contributed by atoms with E-state index in [2.05, 4.69) is 20.7 Å². The van der Waals surface area contributed by atoms with Gasteiger partial charge in [0.2, 0.25) is 0 Å². The number of anilines is 1. The van der Waals surface area contributed by atoms with Gasteiger partial charge in [-0.3, -0.25) is 4.72 Å². The van der Waals surface area contributed by atoms with Gasteiger partial charge in [0.15, 0.2) is 0 Å². The maximum atomic E-state index is 12.3. The van der Waals surface area contributed by atoms with Crippen LogP contribution in [0.1, 0.15) is 25.3 Å². The molecule has 0 atom stereocenters. The molecule has 1 heterocycles. The standard InChI is InChI=1S/C13H14BrNO2S2/c1-9(2)10-5-3-4-6-11(10)15-19(16,17)13-8-7-12(14)18-13/h3-9,15H,1-2H3. The van der Waals surface area contributed by atoms with Crippen molar-refractivity contribution in [2.45, 2.75) is 24.0 Å². The first-order valence-corrected chi connectivity index (χ1v) is 8.86. The van der Waals surface area contributed by atoms with E-state index in [1.54, 1.807) is 18.2 Å². The van der Waals surface area contributed by atoms with E-state index in [4.69, 9.17) is 0 Å². The predicted molar refractivity (Wildman–Crippen MR) is 83.4 cm³/mol. The minimum atomic E-state index is -3.51. The van der Waals surface area contributed by atoms with Gasteiger partial charge in [-0.2, -0.15) is 0 Å². The highest BCUT2D eigenvalue weighted by molar-refractivity contribution is 9.11. The van der Waals surface area contributed by atoms with Crippen LogP contribution in [0.3, 0.4) is 0 Å². The summed E-state index contributed by atoms with van der Waals surface area (Å²) < 4.78 is 28.3. The molecule has 0 amide bonds. The van der Waals surface area contributed by atoms with Crippen LogP contribution < -0.4 is 4.72 Å². The van der Waals surface area contributed by atoms with Crippen molar-refractivity contribution in [3.63, 3.8) is 0 Å². The van der Waals surface area contributed by atoms with Crippen LogP contribution in [0.15, 0.2) is 44.4 Å². The minimum Gasteiger partial charge on any atom is -0.279 e. The molecule has 1 N–H and O–H groups in total. The van der Waals surface area contributed by atoms with E-state index >= 15 is 0 Å². The second-order valence-electron chi connectivity index (χ2n) is 4.41. The number of halogens is 1. The smallest absolute Gasteiger partial charge is 0.271 e. The number of thiophene rings is 1. The molecule has 0 spiro atoms. The van der Waals surface area contributed by atoms with E-state index in [0.717, 1.165) is 9.35 Å². The fourth-order valence-electron chi connectivity index (χ4n) is 1.73. The fourth-order valence-corrected chi connectivity index (χ4v) is 4.83. The van der Waals surface area contributed by atoms with Crippen molar-refractivity contribution >= 4 is 43.0 Å². The lowest BCUT2D eigenvalue weighted by atomic mass is 10.0. The van der Waals surface area contributed by atoms with E-state index in [0.29, 0.717) is 9.90 Å². The second kappa shape index (κ2) is 5.64. The van der Waals surface area contributed by atoms with Crippen molar-refractivity contribution in [1.29, 1.82) is 0 Å². The minimum absolute atomic E-state index is 0.258. The Hall–Kier alpha value is -0.850. The first-order chi connectivity index (χ1) is 8.90. The van der Waals surface area contributed by atoms with Gasteiger partial charge in [0.05, 0.1) is 9.47 Å². The molecule has 3 nitrogen and oxygen atoms in total. The third kappa shape index (κ3) is 3.38. The maximum absolute atomic E-state index is 12.3. The van der Waals surface area contributed by atoms with E-state index in [9.17, 15) is 8.42 Å². The highest BCUT2D eigenvalue weighted by atomic mass is 79.9. The summed E-state index contributed by atoms with van der Waals surface area (Å²) in [6, 6.07) is 10.8. The molecule has 1 aromatic carbocycles. The van der Waals surface area contributed by atoms with E-state index in [1.807, 2.05) is 32.0 Å². The molecular weight excluding hydrogens is 346 g/mol. The van der Waals surface area contributed by atoms with Gasteiger partial charge < -0.3 is 0 Å². The van der Waals surface area contributed by atoms with Crippen LogP contribution in [0.5, 0.6) is 0 Å². The number of benzene rings is 1. The average Bonchev–Trinajstić information content (AvgIpc) is 2.76. The van der Waals surface area contributed by atoms with Crippen LogP contribution in [-0.4, -0.2) is 8.42 Å². The molecule has 0 radical (unpaired) electrons. The van der Waals surface area contributed by atoms with Gasteiger partial charge in [-0.25, -0.2) is 8.42 Å². The summed E-state index contributed by atoms with van der Waals surface area (Å²) >= 11 is 4.47. The summed E-state index contributed by atoms with van der Waals surface area (Å²) in [6.45, 7) is 4.07. The van der Waals surface area contributed by atoms with E-state index in [1.165, 1.54) is 11.3 Å². The molecule has 2 aromatic rings. The summed E-state index contributed by atoms with van der Waals surface area (Å²) in [5, 5.41) is 0. The molecule has 0 unspecified atom stereocenters. The molecule has 0 aliphatic rings. The van der Waals surface area contributed by atoms with Crippen LogP contribution in [-0.2, 0) is 10.0 Å². The first-order valence-electron chi connectivity index (χ1n) is 5.77. The zero-order valence-corrected chi connectivity index (χ0v) is 13.8. The molecule has 0 aliphatic carbocycles. The highest BCUT2D eigenvalue weighted by Gasteiger charge is 2.18. The van der Waals surface area contributed by atoms with Gasteiger partial charge in [0, 0.05) is 0 Å². The Labute approximate surface area is 125 Å². The van der Waals surface area contributed by atoms with Gasteiger partial charge >= 0.3 is 0 Å². The van der Waals surface area contributed by atoms with Crippen molar-refractivity contribution in [2.24, 2.45) is 0 Å². The number of rotatable bonds is 4. The summed E-state index contributed by atoms with van der Waals surface area (Å²) in [7, 11) is -3.51. The first kappa shape index (κ1) is 14.6. The van der Waals surface area contributed by atoms with Crippen LogP contribution >= 0.6 is 27.3 Å². The van der Waals surface area contributed by atoms with Gasteiger partial charge in [-0.1, -0.05) is 32.0 Å². The lowest BCUT2D eigenvalue weighted by Gasteiger charge is -2.14. The Morgan fingerprint density at radius 1 is 1.16 bits per heavy atom. The average molecular weight is 360 g/mol. The molecule has 2 rings (SSSR count). The van der Waals surface area contributed by atoms with Crippen molar-refractivity contribution in [3.05, 3.63) is 45.7 Å². The van der Waals surface area contributed by atoms with Crippen molar-refractivity contribution in [3.8, 4) is 0 Å². The Bertz CT molecular complexity index is 677. The highest BCUT2D eigenvalue weighted by Crippen LogP contribution is 2.30. The molecular formula is C13H14BrNO2S2. The van der Waals surface area contributed by atoms with Gasteiger partial charge in [0.1, 0.15) is 4.21 Å². The Kier molecular flexibility index (Phi) is 4.32. The lowest BCUT2D eigenvalue weighted by Crippen LogP contribution is -2.13. The van der Waals surface area contributed by atoms with Crippen LogP contribution in [0.2, 0.25) is 0 Å².